The summed E-state index contributed by atoms with van der Waals surface area (Å²) in [6.45, 7) is 0.162. The maximum atomic E-state index is 13.1. The Morgan fingerprint density at radius 2 is 2.00 bits per heavy atom. The molecule has 3 aromatic rings. The lowest BCUT2D eigenvalue weighted by Gasteiger charge is -2.34. The number of carbonyl (C=O) groups excluding carboxylic acids is 1. The van der Waals surface area contributed by atoms with Crippen molar-refractivity contribution in [3.05, 3.63) is 47.2 Å². The van der Waals surface area contributed by atoms with Gasteiger partial charge in [-0.15, -0.1) is 0 Å². The number of pyridine rings is 1. The summed E-state index contributed by atoms with van der Waals surface area (Å²) in [5, 5.41) is 4.16. The third kappa shape index (κ3) is 3.37. The van der Waals surface area contributed by atoms with Gasteiger partial charge in [0.15, 0.2) is 0 Å². The van der Waals surface area contributed by atoms with Gasteiger partial charge < -0.3 is 4.90 Å². The Kier molecular flexibility index (Phi) is 4.51. The minimum atomic E-state index is -2.69. The van der Waals surface area contributed by atoms with Gasteiger partial charge in [0.25, 0.3) is 6.43 Å². The summed E-state index contributed by atoms with van der Waals surface area (Å²) in [6.07, 6.45) is -0.580. The maximum Gasteiger partial charge on any atom is 0.265 e. The van der Waals surface area contributed by atoms with E-state index in [0.29, 0.717) is 22.2 Å². The maximum absolute atomic E-state index is 13.1. The Morgan fingerprint density at radius 1 is 1.22 bits per heavy atom. The van der Waals surface area contributed by atoms with Gasteiger partial charge in [-0.2, -0.15) is 5.10 Å². The van der Waals surface area contributed by atoms with E-state index in [1.54, 1.807) is 18.3 Å². The molecule has 140 valence electrons. The zero-order valence-electron chi connectivity index (χ0n) is 13.9. The Labute approximate surface area is 157 Å². The van der Waals surface area contributed by atoms with Crippen molar-refractivity contribution in [1.29, 1.82) is 0 Å². The zero-order chi connectivity index (χ0) is 19.1. The quantitative estimate of drug-likeness (QED) is 0.675. The summed E-state index contributed by atoms with van der Waals surface area (Å²) in [4.78, 5) is 17.9. The van der Waals surface area contributed by atoms with E-state index in [1.165, 1.54) is 27.9 Å². The monoisotopic (exact) mass is 394 g/mol. The van der Waals surface area contributed by atoms with E-state index >= 15 is 0 Å². The number of nitrogens with zero attached hydrogens (tertiary/aromatic N) is 4. The Balaban J connectivity index is 1.66. The average Bonchev–Trinajstić information content (AvgIpc) is 3.01. The fraction of sp³-hybridized carbons (Fsp3) is 0.278. The second-order valence-corrected chi connectivity index (χ2v) is 6.77. The standard InChI is InChI=1S/C18H14ClF3N4O/c19-14-2-1-10(3-13(14)18(21)22)11-4-16-15(23-5-11)6-24-26(16)9-17(27)25-7-12(20)8-25/h1-6,12,18H,7-9H2. The highest BCUT2D eigenvalue weighted by molar-refractivity contribution is 6.31. The lowest BCUT2D eigenvalue weighted by molar-refractivity contribution is -0.139. The molecule has 1 saturated heterocycles. The summed E-state index contributed by atoms with van der Waals surface area (Å²) >= 11 is 5.82. The van der Waals surface area contributed by atoms with Crippen molar-refractivity contribution in [3.8, 4) is 11.1 Å². The summed E-state index contributed by atoms with van der Waals surface area (Å²) < 4.78 is 40.6. The molecule has 0 spiro atoms. The van der Waals surface area contributed by atoms with Crippen molar-refractivity contribution in [2.75, 3.05) is 13.1 Å². The highest BCUT2D eigenvalue weighted by atomic mass is 35.5. The fourth-order valence-electron chi connectivity index (χ4n) is 2.99. The first-order valence-electron chi connectivity index (χ1n) is 8.24. The highest BCUT2D eigenvalue weighted by Crippen LogP contribution is 2.32. The van der Waals surface area contributed by atoms with Crippen LogP contribution in [0.4, 0.5) is 13.2 Å². The predicted octanol–water partition coefficient (Wildman–Crippen LogP) is 3.87. The van der Waals surface area contributed by atoms with Crippen molar-refractivity contribution in [2.45, 2.75) is 19.1 Å². The molecule has 0 saturated carbocycles. The molecule has 2 aromatic heterocycles. The smallest absolute Gasteiger partial charge is 0.265 e. The first kappa shape index (κ1) is 17.8. The number of amides is 1. The number of alkyl halides is 3. The topological polar surface area (TPSA) is 51.0 Å². The van der Waals surface area contributed by atoms with Gasteiger partial charge in [0.1, 0.15) is 18.2 Å². The molecule has 1 aliphatic heterocycles. The average molecular weight is 395 g/mol. The second-order valence-electron chi connectivity index (χ2n) is 6.36. The van der Waals surface area contributed by atoms with Crippen LogP contribution in [0.2, 0.25) is 5.02 Å². The van der Waals surface area contributed by atoms with Crippen LogP contribution in [0, 0.1) is 0 Å². The van der Waals surface area contributed by atoms with Gasteiger partial charge in [0, 0.05) is 22.3 Å². The van der Waals surface area contributed by atoms with Crippen LogP contribution in [0.25, 0.3) is 22.2 Å². The summed E-state index contributed by atoms with van der Waals surface area (Å²) in [7, 11) is 0. The normalized spacial score (nSPS) is 14.8. The van der Waals surface area contributed by atoms with E-state index in [4.69, 9.17) is 11.6 Å². The number of carbonyl (C=O) groups is 1. The number of aromatic nitrogens is 3. The largest absolute Gasteiger partial charge is 0.335 e. The molecule has 0 unspecified atom stereocenters. The lowest BCUT2D eigenvalue weighted by Crippen LogP contribution is -2.52. The van der Waals surface area contributed by atoms with Gasteiger partial charge in [0.05, 0.1) is 24.8 Å². The lowest BCUT2D eigenvalue weighted by atomic mass is 10.0. The highest BCUT2D eigenvalue weighted by Gasteiger charge is 2.30. The number of fused-ring (bicyclic) bond motifs is 1. The molecule has 1 aliphatic rings. The minimum absolute atomic E-state index is 0.000795. The van der Waals surface area contributed by atoms with Crippen LogP contribution in [0.15, 0.2) is 36.7 Å². The fourth-order valence-corrected chi connectivity index (χ4v) is 3.19. The Morgan fingerprint density at radius 3 is 2.70 bits per heavy atom. The summed E-state index contributed by atoms with van der Waals surface area (Å²) in [5.41, 5.74) is 2.04. The van der Waals surface area contributed by atoms with Crippen LogP contribution >= 0.6 is 11.6 Å². The number of rotatable bonds is 4. The van der Waals surface area contributed by atoms with Gasteiger partial charge in [0.2, 0.25) is 5.91 Å². The third-order valence-corrected chi connectivity index (χ3v) is 4.88. The molecule has 9 heteroatoms. The minimum Gasteiger partial charge on any atom is -0.335 e. The van der Waals surface area contributed by atoms with Crippen LogP contribution in [-0.4, -0.2) is 44.8 Å². The van der Waals surface area contributed by atoms with E-state index in [1.807, 2.05) is 0 Å². The molecule has 1 amide bonds. The number of benzene rings is 1. The van der Waals surface area contributed by atoms with E-state index in [9.17, 15) is 18.0 Å². The molecule has 3 heterocycles. The van der Waals surface area contributed by atoms with Crippen LogP contribution in [0.5, 0.6) is 0 Å². The van der Waals surface area contributed by atoms with Gasteiger partial charge in [-0.05, 0) is 23.8 Å². The molecule has 5 nitrogen and oxygen atoms in total. The first-order valence-corrected chi connectivity index (χ1v) is 8.61. The Bertz CT molecular complexity index is 1020. The van der Waals surface area contributed by atoms with Gasteiger partial charge in [-0.1, -0.05) is 17.7 Å². The van der Waals surface area contributed by atoms with E-state index < -0.39 is 12.6 Å². The third-order valence-electron chi connectivity index (χ3n) is 4.53. The van der Waals surface area contributed by atoms with E-state index in [2.05, 4.69) is 10.1 Å². The zero-order valence-corrected chi connectivity index (χ0v) is 14.7. The molecule has 1 fully saturated rings. The van der Waals surface area contributed by atoms with Crippen molar-refractivity contribution < 1.29 is 18.0 Å². The van der Waals surface area contributed by atoms with Crippen LogP contribution in [0.1, 0.15) is 12.0 Å². The van der Waals surface area contributed by atoms with Crippen LogP contribution < -0.4 is 0 Å². The van der Waals surface area contributed by atoms with E-state index in [0.717, 1.165) is 0 Å². The molecule has 0 N–H and O–H groups in total. The molecule has 1 aromatic carbocycles. The first-order chi connectivity index (χ1) is 12.9. The molecular formula is C18H14ClF3N4O. The Hall–Kier alpha value is -2.61. The number of halogens is 4. The van der Waals surface area contributed by atoms with Crippen molar-refractivity contribution in [2.24, 2.45) is 0 Å². The van der Waals surface area contributed by atoms with Crippen molar-refractivity contribution in [3.63, 3.8) is 0 Å². The molecular weight excluding hydrogens is 381 g/mol. The number of hydrogen-bond donors (Lipinski definition) is 0. The summed E-state index contributed by atoms with van der Waals surface area (Å²) in [6, 6.07) is 6.10. The van der Waals surface area contributed by atoms with Gasteiger partial charge >= 0.3 is 0 Å². The number of likely N-dealkylation sites (tertiary alicyclic amines) is 1. The van der Waals surface area contributed by atoms with E-state index in [-0.39, 0.29) is 36.1 Å². The predicted molar refractivity (Wildman–Crippen MR) is 94.4 cm³/mol. The van der Waals surface area contributed by atoms with Crippen molar-refractivity contribution >= 4 is 28.5 Å². The molecule has 0 bridgehead atoms. The SMILES string of the molecule is O=C(Cn1ncc2ncc(-c3ccc(Cl)c(C(F)F)c3)cc21)N1CC(F)C1. The summed E-state index contributed by atoms with van der Waals surface area (Å²) in [5.74, 6) is -0.231. The molecule has 0 radical (unpaired) electrons. The van der Waals surface area contributed by atoms with Gasteiger partial charge in [-0.25, -0.2) is 13.2 Å². The van der Waals surface area contributed by atoms with Crippen molar-refractivity contribution in [1.82, 2.24) is 19.7 Å². The molecule has 0 atom stereocenters. The van der Waals surface area contributed by atoms with Gasteiger partial charge in [-0.3, -0.25) is 14.5 Å². The second kappa shape index (κ2) is 6.84. The molecule has 27 heavy (non-hydrogen) atoms. The molecule has 0 aliphatic carbocycles. The van der Waals surface area contributed by atoms with Crippen LogP contribution in [-0.2, 0) is 11.3 Å². The van der Waals surface area contributed by atoms with Crippen LogP contribution in [0.3, 0.4) is 0 Å². The number of hydrogen-bond acceptors (Lipinski definition) is 3. The molecule has 4 rings (SSSR count).